The van der Waals surface area contributed by atoms with E-state index in [1.807, 2.05) is 0 Å². The minimum absolute atomic E-state index is 0.269. The molecule has 3 N–H and O–H groups in total. The number of likely N-dealkylation sites (tertiary alicyclic amines) is 1. The number of nitrogens with two attached hydrogens (primary N) is 1. The number of ether oxygens (including phenoxy) is 1. The Bertz CT molecular complexity index is 729. The molecular formula is C16H19N3O5. The lowest BCUT2D eigenvalue weighted by Gasteiger charge is -2.31. The van der Waals surface area contributed by atoms with Gasteiger partial charge in [0, 0.05) is 18.5 Å². The summed E-state index contributed by atoms with van der Waals surface area (Å²) < 4.78 is 5.95. The number of fused-ring (bicyclic) bond motifs is 5. The first kappa shape index (κ1) is 15.5. The summed E-state index contributed by atoms with van der Waals surface area (Å²) in [4.78, 5) is 31.3. The smallest absolute Gasteiger partial charge is 0.240 e. The summed E-state index contributed by atoms with van der Waals surface area (Å²) in [5.41, 5.74) is -0.714. The number of imide groups is 1. The molecule has 3 unspecified atom stereocenters. The maximum Gasteiger partial charge on any atom is 0.240 e. The first-order valence-electron chi connectivity index (χ1n) is 7.89. The summed E-state index contributed by atoms with van der Waals surface area (Å²) in [5, 5.41) is 13.9. The molecule has 4 rings (SSSR count). The molecular weight excluding hydrogens is 314 g/mol. The fourth-order valence-electron chi connectivity index (χ4n) is 4.60. The maximum absolute atomic E-state index is 13.0. The fraction of sp³-hybridized carbons (Fsp3) is 0.562. The largest absolute Gasteiger partial charge is 0.390 e. The predicted octanol–water partition coefficient (Wildman–Crippen LogP) is -0.0101. The van der Waals surface area contributed by atoms with Crippen molar-refractivity contribution in [3.63, 3.8) is 0 Å². The molecule has 8 nitrogen and oxygen atoms in total. The SMILES string of the molecule is CC12CC(O)C(C)(O1)[C@H]1C(=O)N(C3=CC/C(=N\ON)C=C3)C(=O)[C@H]12. The molecule has 0 aromatic heterocycles. The number of carbonyl (C=O) groups is 2. The molecule has 0 saturated carbocycles. The van der Waals surface area contributed by atoms with Gasteiger partial charge in [0.15, 0.2) is 0 Å². The van der Waals surface area contributed by atoms with E-state index in [4.69, 9.17) is 10.6 Å². The molecule has 0 aromatic rings. The number of rotatable bonds is 2. The summed E-state index contributed by atoms with van der Waals surface area (Å²) in [5.74, 6) is 3.10. The molecule has 2 bridgehead atoms. The molecule has 3 aliphatic heterocycles. The van der Waals surface area contributed by atoms with Gasteiger partial charge in [-0.25, -0.2) is 0 Å². The van der Waals surface area contributed by atoms with Crippen molar-refractivity contribution < 1.29 is 24.4 Å². The molecule has 1 aliphatic carbocycles. The molecule has 128 valence electrons. The van der Waals surface area contributed by atoms with Crippen LogP contribution in [0.1, 0.15) is 26.7 Å². The van der Waals surface area contributed by atoms with Crippen LogP contribution >= 0.6 is 0 Å². The number of nitrogens with zero attached hydrogens (tertiary/aromatic N) is 2. The van der Waals surface area contributed by atoms with E-state index < -0.39 is 29.1 Å². The van der Waals surface area contributed by atoms with E-state index in [0.29, 0.717) is 24.3 Å². The van der Waals surface area contributed by atoms with Crippen molar-refractivity contribution in [3.8, 4) is 0 Å². The van der Waals surface area contributed by atoms with Gasteiger partial charge in [-0.05, 0) is 26.0 Å². The Morgan fingerprint density at radius 3 is 2.67 bits per heavy atom. The highest BCUT2D eigenvalue weighted by Gasteiger charge is 2.75. The highest BCUT2D eigenvalue weighted by Crippen LogP contribution is 2.61. The number of aliphatic hydroxyl groups excluding tert-OH is 1. The zero-order chi connectivity index (χ0) is 17.3. The quantitative estimate of drug-likeness (QED) is 0.542. The molecule has 8 heteroatoms. The van der Waals surface area contributed by atoms with Gasteiger partial charge in [-0.15, -0.1) is 5.90 Å². The standard InChI is InChI=1S/C16H19N3O5/c1-15-7-10(20)16(2,23-15)12-11(15)13(21)19(14(12)22)9-5-3-8(4-6-9)18-24-17/h3,5-6,10-12,20H,4,7,17H2,1-2H3/b18-8-/t10?,11-,12+,15?,16?/m0/s1. The molecule has 0 aromatic carbocycles. The van der Waals surface area contributed by atoms with Crippen LogP contribution in [-0.2, 0) is 19.3 Å². The summed E-state index contributed by atoms with van der Waals surface area (Å²) in [6, 6.07) is 0. The Balaban J connectivity index is 1.68. The van der Waals surface area contributed by atoms with Gasteiger partial charge in [0.2, 0.25) is 11.8 Å². The minimum Gasteiger partial charge on any atom is -0.390 e. The zero-order valence-corrected chi connectivity index (χ0v) is 13.4. The van der Waals surface area contributed by atoms with Crippen LogP contribution < -0.4 is 5.90 Å². The fourth-order valence-corrected chi connectivity index (χ4v) is 4.60. The van der Waals surface area contributed by atoms with Crippen LogP contribution in [0.15, 0.2) is 29.1 Å². The van der Waals surface area contributed by atoms with Gasteiger partial charge in [0.25, 0.3) is 0 Å². The molecule has 0 radical (unpaired) electrons. The lowest BCUT2D eigenvalue weighted by atomic mass is 9.67. The third-order valence-corrected chi connectivity index (χ3v) is 5.69. The van der Waals surface area contributed by atoms with Gasteiger partial charge in [-0.3, -0.25) is 14.5 Å². The van der Waals surface area contributed by atoms with Crippen molar-refractivity contribution >= 4 is 17.5 Å². The van der Waals surface area contributed by atoms with Crippen LogP contribution in [0.2, 0.25) is 0 Å². The van der Waals surface area contributed by atoms with E-state index >= 15 is 0 Å². The topological polar surface area (TPSA) is 114 Å². The monoisotopic (exact) mass is 333 g/mol. The maximum atomic E-state index is 13.0. The third kappa shape index (κ3) is 1.76. The first-order valence-corrected chi connectivity index (χ1v) is 7.89. The number of allylic oxidation sites excluding steroid dienone is 3. The first-order chi connectivity index (χ1) is 11.3. The molecule has 0 spiro atoms. The Kier molecular flexibility index (Phi) is 3.07. The van der Waals surface area contributed by atoms with E-state index in [1.165, 1.54) is 4.90 Å². The van der Waals surface area contributed by atoms with Gasteiger partial charge in [-0.2, -0.15) is 0 Å². The van der Waals surface area contributed by atoms with Gasteiger partial charge in [0.1, 0.15) is 5.60 Å². The summed E-state index contributed by atoms with van der Waals surface area (Å²) in [6.45, 7) is 3.52. The molecule has 2 amide bonds. The van der Waals surface area contributed by atoms with Crippen molar-refractivity contribution in [1.82, 2.24) is 4.90 Å². The average Bonchev–Trinajstić information content (AvgIpc) is 3.03. The van der Waals surface area contributed by atoms with Gasteiger partial charge < -0.3 is 14.8 Å². The normalized spacial score (nSPS) is 45.2. The molecule has 3 fully saturated rings. The van der Waals surface area contributed by atoms with Crippen molar-refractivity contribution in [3.05, 3.63) is 23.9 Å². The molecule has 5 atom stereocenters. The number of carbonyl (C=O) groups excluding carboxylic acids is 2. The number of aliphatic hydroxyl groups is 1. The zero-order valence-electron chi connectivity index (χ0n) is 13.4. The van der Waals surface area contributed by atoms with Crippen LogP contribution in [0.3, 0.4) is 0 Å². The lowest BCUT2D eigenvalue weighted by molar-refractivity contribution is -0.146. The van der Waals surface area contributed by atoms with Crippen LogP contribution in [0.25, 0.3) is 0 Å². The molecule has 4 aliphatic rings. The highest BCUT2D eigenvalue weighted by atomic mass is 16.7. The Morgan fingerprint density at radius 2 is 2.04 bits per heavy atom. The number of oxime groups is 1. The van der Waals surface area contributed by atoms with Crippen LogP contribution in [0, 0.1) is 11.8 Å². The predicted molar refractivity (Wildman–Crippen MR) is 81.9 cm³/mol. The Morgan fingerprint density at radius 1 is 1.33 bits per heavy atom. The second-order valence-electron chi connectivity index (χ2n) is 7.14. The summed E-state index contributed by atoms with van der Waals surface area (Å²) >= 11 is 0. The lowest BCUT2D eigenvalue weighted by Crippen LogP contribution is -2.49. The highest BCUT2D eigenvalue weighted by molar-refractivity contribution is 6.09. The van der Waals surface area contributed by atoms with Gasteiger partial charge in [0.05, 0.1) is 29.3 Å². The van der Waals surface area contributed by atoms with Crippen molar-refractivity contribution in [2.75, 3.05) is 0 Å². The average molecular weight is 333 g/mol. The second kappa shape index (κ2) is 4.75. The Hall–Kier alpha value is -2.03. The number of hydrogen-bond donors (Lipinski definition) is 2. The van der Waals surface area contributed by atoms with E-state index in [1.54, 1.807) is 32.1 Å². The van der Waals surface area contributed by atoms with Gasteiger partial charge >= 0.3 is 0 Å². The summed E-state index contributed by atoms with van der Waals surface area (Å²) in [6.07, 6.45) is 5.04. The van der Waals surface area contributed by atoms with Crippen molar-refractivity contribution in [2.24, 2.45) is 22.9 Å². The van der Waals surface area contributed by atoms with E-state index in [-0.39, 0.29) is 11.8 Å². The van der Waals surface area contributed by atoms with E-state index in [0.717, 1.165) is 0 Å². The number of hydrogen-bond acceptors (Lipinski definition) is 7. The second-order valence-corrected chi connectivity index (χ2v) is 7.14. The Labute approximate surface area is 138 Å². The molecule has 3 saturated heterocycles. The van der Waals surface area contributed by atoms with Crippen LogP contribution in [0.4, 0.5) is 0 Å². The van der Waals surface area contributed by atoms with E-state index in [2.05, 4.69) is 10.1 Å². The van der Waals surface area contributed by atoms with Crippen LogP contribution in [0.5, 0.6) is 0 Å². The molecule has 24 heavy (non-hydrogen) atoms. The van der Waals surface area contributed by atoms with E-state index in [9.17, 15) is 14.7 Å². The molecule has 3 heterocycles. The minimum atomic E-state index is -1.01. The summed E-state index contributed by atoms with van der Waals surface area (Å²) in [7, 11) is 0. The van der Waals surface area contributed by atoms with Gasteiger partial charge in [-0.1, -0.05) is 11.2 Å². The third-order valence-electron chi connectivity index (χ3n) is 5.69. The van der Waals surface area contributed by atoms with Crippen molar-refractivity contribution in [2.45, 2.75) is 44.0 Å². The van der Waals surface area contributed by atoms with Crippen LogP contribution in [-0.4, -0.2) is 44.8 Å². The number of amides is 2. The van der Waals surface area contributed by atoms with Crippen molar-refractivity contribution in [1.29, 1.82) is 0 Å².